The van der Waals surface area contributed by atoms with Crippen LogP contribution in [0.2, 0.25) is 5.02 Å². The highest BCUT2D eigenvalue weighted by molar-refractivity contribution is 6.30. The molecule has 1 aromatic carbocycles. The number of aromatic nitrogens is 1. The number of nitrogens with one attached hydrogen (secondary N) is 1. The highest BCUT2D eigenvalue weighted by Gasteiger charge is 2.41. The molecule has 3 rings (SSSR count). The molecule has 0 radical (unpaired) electrons. The summed E-state index contributed by atoms with van der Waals surface area (Å²) in [5, 5.41) is 2.89. The number of ether oxygens (including phenoxy) is 1. The molecule has 0 unspecified atom stereocenters. The molecular formula is C19H16ClN3O5. The van der Waals surface area contributed by atoms with Crippen LogP contribution in [-0.2, 0) is 14.3 Å². The molecule has 0 spiro atoms. The monoisotopic (exact) mass is 401 g/mol. The van der Waals surface area contributed by atoms with E-state index in [4.69, 9.17) is 16.3 Å². The van der Waals surface area contributed by atoms with Gasteiger partial charge in [0.1, 0.15) is 11.9 Å². The van der Waals surface area contributed by atoms with Crippen molar-refractivity contribution in [2.75, 3.05) is 5.32 Å². The van der Waals surface area contributed by atoms with E-state index in [-0.39, 0.29) is 16.9 Å². The van der Waals surface area contributed by atoms with Gasteiger partial charge in [0.25, 0.3) is 17.7 Å². The Hall–Kier alpha value is -3.26. The van der Waals surface area contributed by atoms with Crippen LogP contribution in [0.25, 0.3) is 0 Å². The normalized spacial score (nSPS) is 15.0. The van der Waals surface area contributed by atoms with Crippen LogP contribution in [-0.4, -0.2) is 45.7 Å². The molecule has 3 amide bonds. The van der Waals surface area contributed by atoms with Gasteiger partial charge >= 0.3 is 5.97 Å². The van der Waals surface area contributed by atoms with Crippen LogP contribution in [0.15, 0.2) is 42.6 Å². The maximum absolute atomic E-state index is 12.4. The Labute approximate surface area is 165 Å². The van der Waals surface area contributed by atoms with E-state index in [1.165, 1.54) is 38.2 Å². The first-order chi connectivity index (χ1) is 13.3. The average molecular weight is 402 g/mol. The summed E-state index contributed by atoms with van der Waals surface area (Å²) in [6.45, 7) is 2.74. The number of hydrogen-bond acceptors (Lipinski definition) is 6. The predicted molar refractivity (Wildman–Crippen MR) is 99.8 cm³/mol. The van der Waals surface area contributed by atoms with Gasteiger partial charge in [-0.25, -0.2) is 9.78 Å². The van der Waals surface area contributed by atoms with Gasteiger partial charge in [0.05, 0.1) is 16.1 Å². The van der Waals surface area contributed by atoms with Gasteiger partial charge in [0, 0.05) is 6.20 Å². The third kappa shape index (κ3) is 3.72. The molecule has 0 bridgehead atoms. The van der Waals surface area contributed by atoms with Crippen molar-refractivity contribution < 1.29 is 23.9 Å². The zero-order valence-electron chi connectivity index (χ0n) is 15.0. The second kappa shape index (κ2) is 7.77. The number of nitrogens with zero attached hydrogens (tertiary/aromatic N) is 2. The van der Waals surface area contributed by atoms with Crippen LogP contribution in [0.5, 0.6) is 0 Å². The molecule has 1 aliphatic rings. The van der Waals surface area contributed by atoms with Gasteiger partial charge in [0.15, 0.2) is 6.10 Å². The summed E-state index contributed by atoms with van der Waals surface area (Å²) in [6, 6.07) is 8.16. The highest BCUT2D eigenvalue weighted by atomic mass is 35.5. The number of fused-ring (bicyclic) bond motifs is 1. The number of esters is 1. The number of rotatable bonds is 5. The van der Waals surface area contributed by atoms with Crippen molar-refractivity contribution in [3.63, 3.8) is 0 Å². The predicted octanol–water partition coefficient (Wildman–Crippen LogP) is 2.29. The standard InChI is InChI=1S/C19H16ClN3O5/c1-10(23-17(25)13-5-3-4-6-14(13)18(23)26)19(27)28-11(2)16(24)22-15-8-7-12(20)9-21-15/h3-11H,1-2H3,(H,21,22,24)/t10-,11-/m1/s1. The molecule has 28 heavy (non-hydrogen) atoms. The van der Waals surface area contributed by atoms with E-state index in [9.17, 15) is 19.2 Å². The fourth-order valence-electron chi connectivity index (χ4n) is 2.67. The fourth-order valence-corrected chi connectivity index (χ4v) is 2.78. The lowest BCUT2D eigenvalue weighted by Gasteiger charge is -2.22. The topological polar surface area (TPSA) is 106 Å². The van der Waals surface area contributed by atoms with Gasteiger partial charge in [-0.3, -0.25) is 19.3 Å². The minimum atomic E-state index is -1.18. The Kier molecular flexibility index (Phi) is 5.41. The summed E-state index contributed by atoms with van der Waals surface area (Å²) in [6.07, 6.45) is 0.195. The number of carbonyl (C=O) groups excluding carboxylic acids is 4. The summed E-state index contributed by atoms with van der Waals surface area (Å²) < 4.78 is 5.13. The van der Waals surface area contributed by atoms with Crippen LogP contribution >= 0.6 is 11.6 Å². The summed E-state index contributed by atoms with van der Waals surface area (Å²) in [7, 11) is 0. The molecule has 0 saturated carbocycles. The molecule has 144 valence electrons. The zero-order valence-corrected chi connectivity index (χ0v) is 15.8. The molecule has 1 N–H and O–H groups in total. The number of imide groups is 1. The Bertz CT molecular complexity index is 925. The van der Waals surface area contributed by atoms with Crippen molar-refractivity contribution in [2.24, 2.45) is 0 Å². The van der Waals surface area contributed by atoms with Gasteiger partial charge in [0.2, 0.25) is 0 Å². The lowest BCUT2D eigenvalue weighted by molar-refractivity contribution is -0.156. The van der Waals surface area contributed by atoms with Crippen molar-refractivity contribution in [1.82, 2.24) is 9.88 Å². The number of hydrogen-bond donors (Lipinski definition) is 1. The molecule has 1 aliphatic heterocycles. The van der Waals surface area contributed by atoms with E-state index in [1.807, 2.05) is 0 Å². The van der Waals surface area contributed by atoms with E-state index in [0.717, 1.165) is 4.90 Å². The Morgan fingerprint density at radius 1 is 1.07 bits per heavy atom. The van der Waals surface area contributed by atoms with Crippen molar-refractivity contribution in [1.29, 1.82) is 0 Å². The van der Waals surface area contributed by atoms with Crippen LogP contribution in [0, 0.1) is 0 Å². The quantitative estimate of drug-likeness (QED) is 0.608. The van der Waals surface area contributed by atoms with E-state index >= 15 is 0 Å². The number of benzene rings is 1. The van der Waals surface area contributed by atoms with Gasteiger partial charge in [-0.1, -0.05) is 23.7 Å². The average Bonchev–Trinajstić information content (AvgIpc) is 2.93. The molecule has 0 aliphatic carbocycles. The third-order valence-electron chi connectivity index (χ3n) is 4.19. The fraction of sp³-hybridized carbons (Fsp3) is 0.211. The van der Waals surface area contributed by atoms with Gasteiger partial charge < -0.3 is 10.1 Å². The molecular weight excluding hydrogens is 386 g/mol. The minimum absolute atomic E-state index is 0.228. The Morgan fingerprint density at radius 2 is 1.68 bits per heavy atom. The summed E-state index contributed by atoms with van der Waals surface area (Å²) >= 11 is 5.73. The largest absolute Gasteiger partial charge is 0.451 e. The SMILES string of the molecule is C[C@H](C(=O)O[C@H](C)C(=O)Nc1ccc(Cl)cn1)N1C(=O)c2ccccc2C1=O. The van der Waals surface area contributed by atoms with E-state index in [1.54, 1.807) is 18.2 Å². The molecule has 0 fully saturated rings. The van der Waals surface area contributed by atoms with Gasteiger partial charge in [-0.15, -0.1) is 0 Å². The number of halogens is 1. The van der Waals surface area contributed by atoms with Crippen molar-refractivity contribution in [3.8, 4) is 0 Å². The van der Waals surface area contributed by atoms with Gasteiger partial charge in [-0.2, -0.15) is 0 Å². The molecule has 9 heteroatoms. The lowest BCUT2D eigenvalue weighted by Crippen LogP contribution is -2.45. The molecule has 8 nitrogen and oxygen atoms in total. The Balaban J connectivity index is 1.64. The Morgan fingerprint density at radius 3 is 2.21 bits per heavy atom. The number of pyridine rings is 1. The molecule has 2 aromatic rings. The number of carbonyl (C=O) groups is 4. The molecule has 1 aromatic heterocycles. The number of anilines is 1. The van der Waals surface area contributed by atoms with Crippen LogP contribution in [0.4, 0.5) is 5.82 Å². The first kappa shape index (κ1) is 19.5. The van der Waals surface area contributed by atoms with Gasteiger partial charge in [-0.05, 0) is 38.1 Å². The minimum Gasteiger partial charge on any atom is -0.451 e. The lowest BCUT2D eigenvalue weighted by atomic mass is 10.1. The molecule has 2 heterocycles. The van der Waals surface area contributed by atoms with E-state index in [0.29, 0.717) is 5.02 Å². The highest BCUT2D eigenvalue weighted by Crippen LogP contribution is 2.25. The van der Waals surface area contributed by atoms with Crippen molar-refractivity contribution >= 4 is 41.1 Å². The van der Waals surface area contributed by atoms with Crippen molar-refractivity contribution in [2.45, 2.75) is 26.0 Å². The summed E-state index contributed by atoms with van der Waals surface area (Å²) in [5.41, 5.74) is 0.457. The molecule has 2 atom stereocenters. The third-order valence-corrected chi connectivity index (χ3v) is 4.42. The van der Waals surface area contributed by atoms with E-state index in [2.05, 4.69) is 10.3 Å². The van der Waals surface area contributed by atoms with E-state index < -0.39 is 35.8 Å². The maximum Gasteiger partial charge on any atom is 0.329 e. The smallest absolute Gasteiger partial charge is 0.329 e. The van der Waals surface area contributed by atoms with Crippen molar-refractivity contribution in [3.05, 3.63) is 58.7 Å². The number of amides is 3. The summed E-state index contributed by atoms with van der Waals surface area (Å²) in [5.74, 6) is -2.40. The molecule has 0 saturated heterocycles. The first-order valence-corrected chi connectivity index (χ1v) is 8.77. The van der Waals surface area contributed by atoms with Crippen LogP contribution in [0.3, 0.4) is 0 Å². The van der Waals surface area contributed by atoms with Crippen LogP contribution < -0.4 is 5.32 Å². The summed E-state index contributed by atoms with van der Waals surface area (Å²) in [4.78, 5) is 54.2. The van der Waals surface area contributed by atoms with Crippen LogP contribution in [0.1, 0.15) is 34.6 Å². The second-order valence-corrected chi connectivity index (χ2v) is 6.57. The zero-order chi connectivity index (χ0) is 20.4. The maximum atomic E-state index is 12.4. The first-order valence-electron chi connectivity index (χ1n) is 8.39. The second-order valence-electron chi connectivity index (χ2n) is 6.13.